The van der Waals surface area contributed by atoms with Crippen LogP contribution in [0.15, 0.2) is 54.6 Å². The number of benzene rings is 2. The van der Waals surface area contributed by atoms with Crippen LogP contribution >= 0.6 is 0 Å². The number of nitrogens with one attached hydrogen (secondary N) is 2. The summed E-state index contributed by atoms with van der Waals surface area (Å²) in [6.45, 7) is 3.73. The van der Waals surface area contributed by atoms with Crippen LogP contribution in [0.5, 0.6) is 5.75 Å². The number of rotatable bonds is 9. The van der Waals surface area contributed by atoms with E-state index in [4.69, 9.17) is 4.74 Å². The molecule has 0 aromatic heterocycles. The van der Waals surface area contributed by atoms with Crippen LogP contribution in [0.3, 0.4) is 0 Å². The summed E-state index contributed by atoms with van der Waals surface area (Å²) in [6, 6.07) is 17.9. The van der Waals surface area contributed by atoms with E-state index in [2.05, 4.69) is 29.7 Å². The van der Waals surface area contributed by atoms with Crippen LogP contribution in [0.4, 0.5) is 4.79 Å². The van der Waals surface area contributed by atoms with Gasteiger partial charge in [0.2, 0.25) is 5.91 Å². The van der Waals surface area contributed by atoms with E-state index in [0.717, 1.165) is 42.6 Å². The Bertz CT molecular complexity index is 872. The molecular formula is C26H35N3O3. The third-order valence-electron chi connectivity index (χ3n) is 6.09. The van der Waals surface area contributed by atoms with Crippen molar-refractivity contribution in [2.24, 2.45) is 5.92 Å². The largest absolute Gasteiger partial charge is 0.496 e. The van der Waals surface area contributed by atoms with Gasteiger partial charge in [0.15, 0.2) is 0 Å². The second kappa shape index (κ2) is 12.1. The standard InChI is InChI=1S/C26H35N3O3/c1-3-4-17-28-26(31)29-19-22(14-15-23(29)20-10-6-5-7-11-20)25(30)27-18-16-21-12-8-9-13-24(21)32-2/h5-13,22-23H,3-4,14-19H2,1-2H3,(H,27,30)(H,28,31)/t22-,23+/m1/s1. The van der Waals surface area contributed by atoms with Gasteiger partial charge in [0.25, 0.3) is 0 Å². The molecule has 0 unspecified atom stereocenters. The second-order valence-corrected chi connectivity index (χ2v) is 8.29. The number of ether oxygens (including phenoxy) is 1. The van der Waals surface area contributed by atoms with Crippen LogP contribution in [0.1, 0.15) is 49.8 Å². The van der Waals surface area contributed by atoms with Crippen molar-refractivity contribution in [2.75, 3.05) is 26.7 Å². The molecule has 1 aliphatic rings. The number of nitrogens with zero attached hydrogens (tertiary/aromatic N) is 1. The Morgan fingerprint density at radius 2 is 1.75 bits per heavy atom. The van der Waals surface area contributed by atoms with E-state index in [0.29, 0.717) is 26.1 Å². The van der Waals surface area contributed by atoms with Gasteiger partial charge in [-0.05, 0) is 42.9 Å². The molecular weight excluding hydrogens is 402 g/mol. The van der Waals surface area contributed by atoms with Crippen molar-refractivity contribution >= 4 is 11.9 Å². The van der Waals surface area contributed by atoms with Crippen molar-refractivity contribution in [3.63, 3.8) is 0 Å². The lowest BCUT2D eigenvalue weighted by molar-refractivity contribution is -0.126. The van der Waals surface area contributed by atoms with Gasteiger partial charge in [-0.1, -0.05) is 61.9 Å². The number of carbonyl (C=O) groups excluding carboxylic acids is 2. The summed E-state index contributed by atoms with van der Waals surface area (Å²) >= 11 is 0. The van der Waals surface area contributed by atoms with Gasteiger partial charge in [0.1, 0.15) is 5.75 Å². The number of para-hydroxylation sites is 1. The topological polar surface area (TPSA) is 70.7 Å². The van der Waals surface area contributed by atoms with E-state index in [1.54, 1.807) is 7.11 Å². The molecule has 0 radical (unpaired) electrons. The highest BCUT2D eigenvalue weighted by molar-refractivity contribution is 5.81. The maximum Gasteiger partial charge on any atom is 0.317 e. The minimum atomic E-state index is -0.204. The summed E-state index contributed by atoms with van der Waals surface area (Å²) in [6.07, 6.45) is 4.22. The van der Waals surface area contributed by atoms with E-state index in [-0.39, 0.29) is 23.9 Å². The van der Waals surface area contributed by atoms with Gasteiger partial charge >= 0.3 is 6.03 Å². The van der Waals surface area contributed by atoms with Crippen molar-refractivity contribution in [3.05, 3.63) is 65.7 Å². The van der Waals surface area contributed by atoms with Crippen molar-refractivity contribution in [1.82, 2.24) is 15.5 Å². The van der Waals surface area contributed by atoms with Crippen molar-refractivity contribution in [1.29, 1.82) is 0 Å². The molecule has 1 fully saturated rings. The molecule has 3 rings (SSSR count). The highest BCUT2D eigenvalue weighted by Gasteiger charge is 2.35. The Morgan fingerprint density at radius 1 is 1.00 bits per heavy atom. The molecule has 6 nitrogen and oxygen atoms in total. The SMILES string of the molecule is CCCCNC(=O)N1C[C@H](C(=O)NCCc2ccccc2OC)CC[C@H]1c1ccccc1. The molecule has 6 heteroatoms. The molecule has 1 saturated heterocycles. The van der Waals surface area contributed by atoms with Gasteiger partial charge in [-0.25, -0.2) is 4.79 Å². The lowest BCUT2D eigenvalue weighted by Crippen LogP contribution is -2.50. The Morgan fingerprint density at radius 3 is 2.50 bits per heavy atom. The third kappa shape index (κ3) is 6.25. The van der Waals surface area contributed by atoms with Gasteiger partial charge in [-0.3, -0.25) is 4.79 Å². The summed E-state index contributed by atoms with van der Waals surface area (Å²) in [5, 5.41) is 6.10. The number of hydrogen-bond acceptors (Lipinski definition) is 3. The Balaban J connectivity index is 1.61. The van der Waals surface area contributed by atoms with Gasteiger partial charge in [-0.15, -0.1) is 0 Å². The predicted octanol–water partition coefficient (Wildman–Crippen LogP) is 4.32. The van der Waals surface area contributed by atoms with Crippen molar-refractivity contribution in [3.8, 4) is 5.75 Å². The zero-order valence-electron chi connectivity index (χ0n) is 19.2. The van der Waals surface area contributed by atoms with Crippen LogP contribution in [-0.4, -0.2) is 43.6 Å². The fourth-order valence-electron chi connectivity index (χ4n) is 4.28. The quantitative estimate of drug-likeness (QED) is 0.574. The van der Waals surface area contributed by atoms with E-state index in [9.17, 15) is 9.59 Å². The fourth-order valence-corrected chi connectivity index (χ4v) is 4.28. The smallest absolute Gasteiger partial charge is 0.317 e. The molecule has 2 aromatic rings. The lowest BCUT2D eigenvalue weighted by atomic mass is 9.88. The number of unbranched alkanes of at least 4 members (excludes halogenated alkanes) is 1. The molecule has 0 bridgehead atoms. The summed E-state index contributed by atoms with van der Waals surface area (Å²) in [7, 11) is 1.66. The molecule has 1 heterocycles. The van der Waals surface area contributed by atoms with Crippen LogP contribution in [-0.2, 0) is 11.2 Å². The predicted molar refractivity (Wildman–Crippen MR) is 127 cm³/mol. The average Bonchev–Trinajstić information content (AvgIpc) is 2.84. The number of urea groups is 1. The molecule has 2 atom stereocenters. The van der Waals surface area contributed by atoms with Crippen molar-refractivity contribution < 1.29 is 14.3 Å². The Labute approximate surface area is 191 Å². The molecule has 2 aromatic carbocycles. The number of likely N-dealkylation sites (tertiary alicyclic amines) is 1. The first-order valence-electron chi connectivity index (χ1n) is 11.6. The maximum atomic E-state index is 13.0. The van der Waals surface area contributed by atoms with Gasteiger partial charge < -0.3 is 20.3 Å². The summed E-state index contributed by atoms with van der Waals surface area (Å²) in [4.78, 5) is 27.7. The normalized spacial score (nSPS) is 18.1. The van der Waals surface area contributed by atoms with Gasteiger partial charge in [0.05, 0.1) is 19.1 Å². The van der Waals surface area contributed by atoms with Crippen LogP contribution < -0.4 is 15.4 Å². The zero-order valence-corrected chi connectivity index (χ0v) is 19.2. The summed E-state index contributed by atoms with van der Waals surface area (Å²) < 4.78 is 5.39. The molecule has 3 amide bonds. The van der Waals surface area contributed by atoms with E-state index in [1.807, 2.05) is 47.4 Å². The summed E-state index contributed by atoms with van der Waals surface area (Å²) in [5.74, 6) is 0.641. The zero-order chi connectivity index (χ0) is 22.8. The molecule has 0 saturated carbocycles. The molecule has 0 spiro atoms. The minimum Gasteiger partial charge on any atom is -0.496 e. The Kier molecular flexibility index (Phi) is 8.96. The van der Waals surface area contributed by atoms with Crippen LogP contribution in [0.2, 0.25) is 0 Å². The number of carbonyl (C=O) groups is 2. The van der Waals surface area contributed by atoms with E-state index < -0.39 is 0 Å². The first-order chi connectivity index (χ1) is 15.6. The minimum absolute atomic E-state index is 0.00421. The molecule has 0 aliphatic carbocycles. The molecule has 172 valence electrons. The average molecular weight is 438 g/mol. The van der Waals surface area contributed by atoms with Gasteiger partial charge in [0, 0.05) is 19.6 Å². The molecule has 1 aliphatic heterocycles. The number of hydrogen-bond donors (Lipinski definition) is 2. The summed E-state index contributed by atoms with van der Waals surface area (Å²) in [5.41, 5.74) is 2.19. The number of piperidine rings is 1. The lowest BCUT2D eigenvalue weighted by Gasteiger charge is -2.39. The Hall–Kier alpha value is -3.02. The monoisotopic (exact) mass is 437 g/mol. The first kappa shape index (κ1) is 23.6. The van der Waals surface area contributed by atoms with Crippen LogP contribution in [0.25, 0.3) is 0 Å². The maximum absolute atomic E-state index is 13.0. The van der Waals surface area contributed by atoms with E-state index >= 15 is 0 Å². The highest BCUT2D eigenvalue weighted by atomic mass is 16.5. The van der Waals surface area contributed by atoms with Crippen molar-refractivity contribution in [2.45, 2.75) is 45.1 Å². The molecule has 2 N–H and O–H groups in total. The number of methoxy groups -OCH3 is 1. The number of amides is 3. The van der Waals surface area contributed by atoms with Crippen LogP contribution in [0, 0.1) is 5.92 Å². The second-order valence-electron chi connectivity index (χ2n) is 8.29. The fraction of sp³-hybridized carbons (Fsp3) is 0.462. The first-order valence-corrected chi connectivity index (χ1v) is 11.6. The highest BCUT2D eigenvalue weighted by Crippen LogP contribution is 2.33. The molecule has 32 heavy (non-hydrogen) atoms. The third-order valence-corrected chi connectivity index (χ3v) is 6.09. The van der Waals surface area contributed by atoms with E-state index in [1.165, 1.54) is 0 Å². The van der Waals surface area contributed by atoms with Gasteiger partial charge in [-0.2, -0.15) is 0 Å².